The van der Waals surface area contributed by atoms with Crippen LogP contribution in [0.4, 0.5) is 0 Å². The van der Waals surface area contributed by atoms with E-state index in [0.29, 0.717) is 4.90 Å². The summed E-state index contributed by atoms with van der Waals surface area (Å²) in [7, 11) is 0.0377. The number of hydrogen-bond acceptors (Lipinski definition) is 2. The van der Waals surface area contributed by atoms with Crippen molar-refractivity contribution < 1.29 is 8.95 Å². The minimum absolute atomic E-state index is 0.639. The molecule has 0 heterocycles. The number of halogens is 2. The van der Waals surface area contributed by atoms with E-state index >= 15 is 0 Å². The second-order valence-electron chi connectivity index (χ2n) is 6.07. The molecule has 136 valence electrons. The van der Waals surface area contributed by atoms with Crippen LogP contribution in [-0.4, -0.2) is 11.3 Å². The molecule has 2 N–H and O–H groups in total. The van der Waals surface area contributed by atoms with Gasteiger partial charge in [-0.1, -0.05) is 48.5 Å². The van der Waals surface area contributed by atoms with Crippen molar-refractivity contribution in [1.29, 1.82) is 0 Å². The molecule has 0 amide bonds. The van der Waals surface area contributed by atoms with Gasteiger partial charge in [0.1, 0.15) is 16.7 Å². The first-order valence-corrected chi connectivity index (χ1v) is 11.5. The van der Waals surface area contributed by atoms with Crippen LogP contribution in [0.15, 0.2) is 65.6 Å². The van der Waals surface area contributed by atoms with Gasteiger partial charge in [-0.15, -0.1) is 0 Å². The lowest BCUT2D eigenvalue weighted by Gasteiger charge is -2.19. The molecule has 0 saturated carbocycles. The molecule has 0 saturated heterocycles. The number of rotatable bonds is 3. The van der Waals surface area contributed by atoms with Gasteiger partial charge in [0.2, 0.25) is 0 Å². The highest BCUT2D eigenvalue weighted by atomic mass is 127. The van der Waals surface area contributed by atoms with E-state index in [1.807, 2.05) is 36.4 Å². The van der Waals surface area contributed by atoms with Gasteiger partial charge >= 0.3 is 0 Å². The molecule has 0 spiro atoms. The van der Waals surface area contributed by atoms with Gasteiger partial charge in [-0.05, 0) is 78.9 Å². The van der Waals surface area contributed by atoms with Crippen molar-refractivity contribution in [2.45, 2.75) is 4.90 Å². The second-order valence-corrected chi connectivity index (χ2v) is 9.40. The number of fused-ring (bicyclic) bond motifs is 2. The zero-order chi connectivity index (χ0) is 19.1. The third-order valence-corrected chi connectivity index (χ3v) is 7.41. The van der Waals surface area contributed by atoms with E-state index in [0.717, 1.165) is 45.6 Å². The highest BCUT2D eigenvalue weighted by Gasteiger charge is 2.23. The minimum atomic E-state index is -1.63. The summed E-state index contributed by atoms with van der Waals surface area (Å²) in [5, 5.41) is 10.2. The lowest BCUT2D eigenvalue weighted by molar-refractivity contribution is 0.414. The number of ether oxygens (including phenoxy) is 1. The van der Waals surface area contributed by atoms with Crippen LogP contribution in [0.1, 0.15) is 0 Å². The number of benzene rings is 4. The van der Waals surface area contributed by atoms with Crippen LogP contribution in [0.5, 0.6) is 5.75 Å². The Morgan fingerprint density at radius 3 is 1.93 bits per heavy atom. The summed E-state index contributed by atoms with van der Waals surface area (Å²) in [5.74, 6) is 0.771. The Morgan fingerprint density at radius 1 is 0.852 bits per heavy atom. The summed E-state index contributed by atoms with van der Waals surface area (Å²) in [6, 6.07) is 20.4. The Kier molecular flexibility index (Phi) is 5.41. The van der Waals surface area contributed by atoms with Crippen LogP contribution in [0.25, 0.3) is 32.7 Å². The number of hydrogen-bond donors (Lipinski definition) is 1. The third-order valence-electron chi connectivity index (χ3n) is 4.57. The summed E-state index contributed by atoms with van der Waals surface area (Å²) in [6.45, 7) is 0. The topological polar surface area (TPSA) is 52.3 Å². The summed E-state index contributed by atoms with van der Waals surface area (Å²) in [4.78, 5) is 0.639. The fourth-order valence-corrected chi connectivity index (χ4v) is 6.23. The molecule has 0 aromatic heterocycles. The number of nitrogens with two attached hydrogens (primary N) is 1. The first-order chi connectivity index (χ1) is 13.0. The highest BCUT2D eigenvalue weighted by Crippen LogP contribution is 2.46. The van der Waals surface area contributed by atoms with E-state index in [2.05, 4.69) is 69.4 Å². The van der Waals surface area contributed by atoms with Gasteiger partial charge in [0.15, 0.2) is 0 Å². The van der Waals surface area contributed by atoms with E-state index in [1.54, 1.807) is 7.11 Å². The zero-order valence-electron chi connectivity index (χ0n) is 14.3. The zero-order valence-corrected chi connectivity index (χ0v) is 19.5. The average molecular weight is 599 g/mol. The summed E-state index contributed by atoms with van der Waals surface area (Å²) in [5.41, 5.74) is 1.81. The lowest BCUT2D eigenvalue weighted by atomic mass is 9.93. The molecule has 4 aromatic carbocycles. The van der Waals surface area contributed by atoms with Crippen molar-refractivity contribution in [3.8, 4) is 16.9 Å². The first-order valence-electron chi connectivity index (χ1n) is 8.16. The molecular weight excluding hydrogens is 584 g/mol. The molecule has 3 nitrogen and oxygen atoms in total. The second kappa shape index (κ2) is 7.65. The van der Waals surface area contributed by atoms with Crippen LogP contribution in [-0.2, 0) is 11.0 Å². The van der Waals surface area contributed by atoms with Crippen LogP contribution in [0.3, 0.4) is 0 Å². The van der Waals surface area contributed by atoms with Gasteiger partial charge in [-0.2, -0.15) is 0 Å². The average Bonchev–Trinajstić information content (AvgIpc) is 2.65. The Labute approximate surface area is 187 Å². The fraction of sp³-hybridized carbons (Fsp3) is 0.0476. The molecule has 6 heteroatoms. The van der Waals surface area contributed by atoms with Crippen LogP contribution >= 0.6 is 45.2 Å². The molecule has 0 aliphatic carbocycles. The smallest absolute Gasteiger partial charge is 0.140 e. The molecular formula is C21H15I2NO2S. The molecule has 0 fully saturated rings. The Bertz CT molecular complexity index is 1220. The van der Waals surface area contributed by atoms with Crippen molar-refractivity contribution in [1.82, 2.24) is 0 Å². The number of methoxy groups -OCH3 is 1. The standard InChI is InChI=1S/C21H15I2NO2S/c1-26-20-16(22)10-12-6-2-4-8-14(12)18(20)19-15-9-5-3-7-13(15)11-17(23)21(19)27(24)25/h2-11H,24H2,1H3. The molecule has 27 heavy (non-hydrogen) atoms. The van der Waals surface area contributed by atoms with Gasteiger partial charge in [0, 0.05) is 14.7 Å². The van der Waals surface area contributed by atoms with Crippen molar-refractivity contribution in [2.75, 3.05) is 7.11 Å². The summed E-state index contributed by atoms with van der Waals surface area (Å²) >= 11 is 4.50. The Balaban J connectivity index is 2.31. The molecule has 1 unspecified atom stereocenters. The maximum atomic E-state index is 12.6. The van der Waals surface area contributed by atoms with Gasteiger partial charge in [0.05, 0.1) is 15.6 Å². The van der Waals surface area contributed by atoms with Crippen LogP contribution < -0.4 is 9.88 Å². The van der Waals surface area contributed by atoms with Gasteiger partial charge < -0.3 is 4.74 Å². The van der Waals surface area contributed by atoms with Gasteiger partial charge in [-0.3, -0.25) is 0 Å². The Hall–Kier alpha value is -1.23. The molecule has 0 radical (unpaired) electrons. The molecule has 0 aliphatic rings. The Morgan fingerprint density at radius 2 is 1.37 bits per heavy atom. The minimum Gasteiger partial charge on any atom is -0.495 e. The third kappa shape index (κ3) is 3.26. The molecule has 4 aromatic rings. The van der Waals surface area contributed by atoms with Crippen molar-refractivity contribution in [3.63, 3.8) is 0 Å². The van der Waals surface area contributed by atoms with Crippen molar-refractivity contribution in [2.24, 2.45) is 5.14 Å². The van der Waals surface area contributed by atoms with Crippen molar-refractivity contribution in [3.05, 3.63) is 67.8 Å². The maximum absolute atomic E-state index is 12.6. The van der Waals surface area contributed by atoms with Crippen molar-refractivity contribution >= 4 is 77.7 Å². The lowest BCUT2D eigenvalue weighted by Crippen LogP contribution is -2.08. The van der Waals surface area contributed by atoms with Gasteiger partial charge in [0.25, 0.3) is 0 Å². The van der Waals surface area contributed by atoms with Crippen LogP contribution in [0, 0.1) is 7.14 Å². The molecule has 1 atom stereocenters. The van der Waals surface area contributed by atoms with Crippen LogP contribution in [0.2, 0.25) is 0 Å². The molecule has 0 aliphatic heterocycles. The highest BCUT2D eigenvalue weighted by molar-refractivity contribution is 14.1. The molecule has 4 rings (SSSR count). The monoisotopic (exact) mass is 599 g/mol. The normalized spacial score (nSPS) is 12.4. The largest absolute Gasteiger partial charge is 0.495 e. The SMILES string of the molecule is COc1c(I)cc2ccccc2c1-c1c(S(N)=O)c(I)cc2ccccc12. The fourth-order valence-electron chi connectivity index (χ4n) is 3.48. The summed E-state index contributed by atoms with van der Waals surface area (Å²) in [6.07, 6.45) is 0. The quantitative estimate of drug-likeness (QED) is 0.300. The van der Waals surface area contributed by atoms with Gasteiger partial charge in [-0.25, -0.2) is 9.35 Å². The van der Waals surface area contributed by atoms with E-state index < -0.39 is 11.0 Å². The summed E-state index contributed by atoms with van der Waals surface area (Å²) < 4.78 is 20.3. The van der Waals surface area contributed by atoms with E-state index in [9.17, 15) is 4.21 Å². The molecule has 0 bridgehead atoms. The predicted molar refractivity (Wildman–Crippen MR) is 129 cm³/mol. The first kappa shape index (κ1) is 19.1. The predicted octanol–water partition coefficient (Wildman–Crippen LogP) is 5.86. The van der Waals surface area contributed by atoms with E-state index in [-0.39, 0.29) is 0 Å². The van der Waals surface area contributed by atoms with E-state index in [1.165, 1.54) is 0 Å². The maximum Gasteiger partial charge on any atom is 0.140 e. The van der Waals surface area contributed by atoms with E-state index in [4.69, 9.17) is 9.88 Å².